The fraction of sp³-hybridized carbons (Fsp3) is 0.0909. The molecule has 0 saturated heterocycles. The quantitative estimate of drug-likeness (QED) is 0.375. The molecule has 6 nitrogen and oxygen atoms in total. The number of rotatable bonds is 4. The third-order valence-electron chi connectivity index (χ3n) is 2.25. The Morgan fingerprint density at radius 2 is 2.32 bits per heavy atom. The molecule has 0 fully saturated rings. The average molecular weight is 296 g/mol. The zero-order chi connectivity index (χ0) is 13.8. The Morgan fingerprint density at radius 3 is 3.00 bits per heavy atom. The van der Waals surface area contributed by atoms with E-state index in [4.69, 9.17) is 11.6 Å². The summed E-state index contributed by atoms with van der Waals surface area (Å²) in [6, 6.07) is 4.48. The number of hydrogen-bond donors (Lipinski definition) is 0. The number of halogens is 1. The van der Waals surface area contributed by atoms with Gasteiger partial charge in [-0.1, -0.05) is 11.6 Å². The highest BCUT2D eigenvalue weighted by molar-refractivity contribution is 7.13. The van der Waals surface area contributed by atoms with Crippen LogP contribution < -0.4 is 0 Å². The zero-order valence-corrected chi connectivity index (χ0v) is 10.9. The van der Waals surface area contributed by atoms with E-state index in [1.54, 1.807) is 11.4 Å². The van der Waals surface area contributed by atoms with Gasteiger partial charge in [0.05, 0.1) is 17.2 Å². The molecule has 96 valence electrons. The monoisotopic (exact) mass is 295 g/mol. The smallest absolute Gasteiger partial charge is 0.258 e. The standard InChI is InChI=1S/C11H6ClN3O3S/c12-9-2-1-7(3-10(9)15(17)18)11-14-8(5-19-11)4-13-6-16/h1-3,5H,4H2. The van der Waals surface area contributed by atoms with Crippen molar-refractivity contribution in [3.63, 3.8) is 0 Å². The number of hydrogen-bond acceptors (Lipinski definition) is 6. The SMILES string of the molecule is O=C=NCc1csc(-c2ccc(Cl)c([N+](=O)[O-])c2)n1. The lowest BCUT2D eigenvalue weighted by Crippen LogP contribution is -1.90. The fourth-order valence-corrected chi connectivity index (χ4v) is 2.41. The van der Waals surface area contributed by atoms with Gasteiger partial charge in [-0.25, -0.2) is 9.78 Å². The van der Waals surface area contributed by atoms with Gasteiger partial charge in [-0.05, 0) is 12.1 Å². The van der Waals surface area contributed by atoms with E-state index in [0.717, 1.165) is 0 Å². The lowest BCUT2D eigenvalue weighted by atomic mass is 10.2. The highest BCUT2D eigenvalue weighted by Gasteiger charge is 2.15. The van der Waals surface area contributed by atoms with Crippen molar-refractivity contribution in [2.24, 2.45) is 4.99 Å². The number of benzene rings is 1. The molecule has 1 aromatic heterocycles. The summed E-state index contributed by atoms with van der Waals surface area (Å²) < 4.78 is 0. The van der Waals surface area contributed by atoms with Crippen molar-refractivity contribution in [1.29, 1.82) is 0 Å². The Kier molecular flexibility index (Phi) is 4.01. The van der Waals surface area contributed by atoms with Gasteiger partial charge >= 0.3 is 0 Å². The molecule has 0 aliphatic heterocycles. The first-order valence-corrected chi connectivity index (χ1v) is 6.30. The van der Waals surface area contributed by atoms with Crippen LogP contribution in [0.2, 0.25) is 5.02 Å². The molecule has 1 heterocycles. The summed E-state index contributed by atoms with van der Waals surface area (Å²) in [6.45, 7) is 0.148. The first-order valence-electron chi connectivity index (χ1n) is 5.04. The van der Waals surface area contributed by atoms with E-state index >= 15 is 0 Å². The summed E-state index contributed by atoms with van der Waals surface area (Å²) in [4.78, 5) is 27.9. The summed E-state index contributed by atoms with van der Waals surface area (Å²) in [6.07, 6.45) is 1.43. The van der Waals surface area contributed by atoms with Crippen LogP contribution >= 0.6 is 22.9 Å². The molecule has 0 N–H and O–H groups in total. The minimum Gasteiger partial charge on any atom is -0.258 e. The maximum Gasteiger partial charge on any atom is 0.288 e. The lowest BCUT2D eigenvalue weighted by Gasteiger charge is -1.98. The van der Waals surface area contributed by atoms with Gasteiger partial charge in [-0.3, -0.25) is 10.1 Å². The van der Waals surface area contributed by atoms with Crippen LogP contribution in [0.5, 0.6) is 0 Å². The zero-order valence-electron chi connectivity index (χ0n) is 9.37. The van der Waals surface area contributed by atoms with E-state index in [-0.39, 0.29) is 17.3 Å². The van der Waals surface area contributed by atoms with Crippen LogP contribution in [0.1, 0.15) is 5.69 Å². The summed E-state index contributed by atoms with van der Waals surface area (Å²) in [7, 11) is 0. The summed E-state index contributed by atoms with van der Waals surface area (Å²) in [5.41, 5.74) is 1.05. The fourth-order valence-electron chi connectivity index (χ4n) is 1.41. The molecule has 0 spiro atoms. The van der Waals surface area contributed by atoms with Gasteiger partial charge in [0.25, 0.3) is 5.69 Å². The third kappa shape index (κ3) is 3.03. The van der Waals surface area contributed by atoms with E-state index in [1.807, 2.05) is 0 Å². The number of nitro groups is 1. The number of aliphatic imine (C=N–C) groups is 1. The minimum atomic E-state index is -0.545. The first kappa shape index (κ1) is 13.4. The Morgan fingerprint density at radius 1 is 1.53 bits per heavy atom. The molecular weight excluding hydrogens is 290 g/mol. The molecule has 19 heavy (non-hydrogen) atoms. The Bertz CT molecular complexity index is 680. The normalized spacial score (nSPS) is 9.95. The van der Waals surface area contributed by atoms with E-state index in [1.165, 1.54) is 29.5 Å². The molecule has 0 bridgehead atoms. The highest BCUT2D eigenvalue weighted by atomic mass is 35.5. The number of isocyanates is 1. The summed E-state index contributed by atoms with van der Waals surface area (Å²) >= 11 is 7.05. The molecular formula is C11H6ClN3O3S. The van der Waals surface area contributed by atoms with Gasteiger partial charge in [0.1, 0.15) is 10.0 Å². The molecule has 0 aliphatic rings. The van der Waals surface area contributed by atoms with Crippen molar-refractivity contribution in [1.82, 2.24) is 4.98 Å². The molecule has 2 aromatic rings. The van der Waals surface area contributed by atoms with Crippen LogP contribution in [0.15, 0.2) is 28.6 Å². The molecule has 0 aliphatic carbocycles. The summed E-state index contributed by atoms with van der Waals surface area (Å²) in [5, 5.41) is 13.2. The van der Waals surface area contributed by atoms with Crippen LogP contribution in [0.4, 0.5) is 5.69 Å². The second-order valence-corrected chi connectivity index (χ2v) is 4.74. The van der Waals surface area contributed by atoms with Gasteiger partial charge < -0.3 is 0 Å². The van der Waals surface area contributed by atoms with E-state index in [2.05, 4.69) is 9.98 Å². The second kappa shape index (κ2) is 5.71. The van der Waals surface area contributed by atoms with Gasteiger partial charge in [0.15, 0.2) is 0 Å². The van der Waals surface area contributed by atoms with Crippen LogP contribution in [0.3, 0.4) is 0 Å². The van der Waals surface area contributed by atoms with Gasteiger partial charge in [-0.15, -0.1) is 11.3 Å². The topological polar surface area (TPSA) is 85.5 Å². The number of aromatic nitrogens is 1. The lowest BCUT2D eigenvalue weighted by molar-refractivity contribution is -0.384. The van der Waals surface area contributed by atoms with Crippen molar-refractivity contribution in [2.75, 3.05) is 0 Å². The maximum atomic E-state index is 10.8. The highest BCUT2D eigenvalue weighted by Crippen LogP contribution is 2.31. The molecule has 0 radical (unpaired) electrons. The third-order valence-corrected chi connectivity index (χ3v) is 3.51. The first-order chi connectivity index (χ1) is 9.11. The Balaban J connectivity index is 2.36. The van der Waals surface area contributed by atoms with Crippen LogP contribution in [-0.2, 0) is 11.3 Å². The number of thiazole rings is 1. The van der Waals surface area contributed by atoms with Crippen molar-refractivity contribution < 1.29 is 9.72 Å². The average Bonchev–Trinajstić information content (AvgIpc) is 2.85. The van der Waals surface area contributed by atoms with Crippen molar-refractivity contribution >= 4 is 34.7 Å². The van der Waals surface area contributed by atoms with Crippen molar-refractivity contribution in [3.8, 4) is 10.6 Å². The molecule has 8 heteroatoms. The van der Waals surface area contributed by atoms with Gasteiger partial charge in [-0.2, -0.15) is 4.99 Å². The molecule has 0 amide bonds. The van der Waals surface area contributed by atoms with E-state index in [0.29, 0.717) is 16.3 Å². The summed E-state index contributed by atoms with van der Waals surface area (Å²) in [5.74, 6) is 0. The Hall–Kier alpha value is -2.08. The molecule has 0 atom stereocenters. The number of nitrogens with zero attached hydrogens (tertiary/aromatic N) is 3. The van der Waals surface area contributed by atoms with Crippen LogP contribution in [-0.4, -0.2) is 16.0 Å². The molecule has 1 aromatic carbocycles. The number of carbonyl (C=O) groups excluding carboxylic acids is 1. The largest absolute Gasteiger partial charge is 0.288 e. The predicted octanol–water partition coefficient (Wildman–Crippen LogP) is 3.21. The van der Waals surface area contributed by atoms with Crippen LogP contribution in [0, 0.1) is 10.1 Å². The minimum absolute atomic E-state index is 0.0797. The van der Waals surface area contributed by atoms with Gasteiger partial charge in [0, 0.05) is 17.0 Å². The van der Waals surface area contributed by atoms with Crippen molar-refractivity contribution in [2.45, 2.75) is 6.54 Å². The maximum absolute atomic E-state index is 10.8. The molecule has 2 rings (SSSR count). The van der Waals surface area contributed by atoms with Crippen LogP contribution in [0.25, 0.3) is 10.6 Å². The molecule has 0 saturated carbocycles. The number of nitro benzene ring substituents is 1. The Labute approximate surface area is 116 Å². The molecule has 0 unspecified atom stereocenters. The van der Waals surface area contributed by atoms with Gasteiger partial charge in [0.2, 0.25) is 6.08 Å². The van der Waals surface area contributed by atoms with E-state index in [9.17, 15) is 14.9 Å². The predicted molar refractivity (Wildman–Crippen MR) is 71.0 cm³/mol. The van der Waals surface area contributed by atoms with E-state index < -0.39 is 4.92 Å². The second-order valence-electron chi connectivity index (χ2n) is 3.47. The van der Waals surface area contributed by atoms with Crippen molar-refractivity contribution in [3.05, 3.63) is 44.4 Å².